The van der Waals surface area contributed by atoms with E-state index in [1.165, 1.54) is 10.4 Å². The van der Waals surface area contributed by atoms with Crippen LogP contribution in [0, 0.1) is 19.8 Å². The molecule has 0 spiro atoms. The maximum absolute atomic E-state index is 13.2. The molecule has 5 nitrogen and oxygen atoms in total. The third-order valence-electron chi connectivity index (χ3n) is 4.22. The lowest BCUT2D eigenvalue weighted by molar-refractivity contribution is 0.383. The lowest BCUT2D eigenvalue weighted by Gasteiger charge is -2.34. The highest BCUT2D eigenvalue weighted by molar-refractivity contribution is 7.89. The molecule has 128 valence electrons. The summed E-state index contributed by atoms with van der Waals surface area (Å²) in [5, 5.41) is 0. The molecule has 0 aliphatic carbocycles. The van der Waals surface area contributed by atoms with Crippen LogP contribution in [0.3, 0.4) is 0 Å². The van der Waals surface area contributed by atoms with Crippen molar-refractivity contribution in [3.05, 3.63) is 53.5 Å². The maximum Gasteiger partial charge on any atom is 0.243 e. The Hall–Kier alpha value is -1.99. The van der Waals surface area contributed by atoms with Crippen LogP contribution in [0.4, 0.5) is 10.2 Å². The normalized spacial score (nSPS) is 16.4. The number of anilines is 1. The molecule has 0 unspecified atom stereocenters. The van der Waals surface area contributed by atoms with Crippen molar-refractivity contribution in [2.75, 3.05) is 31.1 Å². The Morgan fingerprint density at radius 3 is 2.42 bits per heavy atom. The fraction of sp³-hybridized carbons (Fsp3) is 0.353. The van der Waals surface area contributed by atoms with E-state index in [1.54, 1.807) is 25.1 Å². The third-order valence-corrected chi connectivity index (χ3v) is 6.27. The van der Waals surface area contributed by atoms with Gasteiger partial charge in [0.2, 0.25) is 16.0 Å². The molecule has 1 aromatic heterocycles. The van der Waals surface area contributed by atoms with Crippen LogP contribution >= 0.6 is 0 Å². The highest BCUT2D eigenvalue weighted by Gasteiger charge is 2.30. The van der Waals surface area contributed by atoms with E-state index in [1.807, 2.05) is 24.0 Å². The first-order valence-corrected chi connectivity index (χ1v) is 9.27. The molecule has 1 aliphatic rings. The van der Waals surface area contributed by atoms with Gasteiger partial charge in [0.15, 0.2) is 0 Å². The highest BCUT2D eigenvalue weighted by Crippen LogP contribution is 2.23. The number of pyridine rings is 1. The minimum atomic E-state index is -3.52. The molecule has 24 heavy (non-hydrogen) atoms. The molecule has 0 amide bonds. The number of aromatic nitrogens is 1. The zero-order valence-electron chi connectivity index (χ0n) is 13.7. The van der Waals surface area contributed by atoms with Gasteiger partial charge in [-0.15, -0.1) is 0 Å². The molecule has 0 saturated carbocycles. The van der Waals surface area contributed by atoms with Crippen LogP contribution in [0.5, 0.6) is 0 Å². The van der Waals surface area contributed by atoms with Crippen molar-refractivity contribution in [2.45, 2.75) is 18.7 Å². The fourth-order valence-corrected chi connectivity index (χ4v) is 4.59. The number of hydrogen-bond donors (Lipinski definition) is 0. The van der Waals surface area contributed by atoms with Gasteiger partial charge in [0.25, 0.3) is 0 Å². The molecule has 0 atom stereocenters. The van der Waals surface area contributed by atoms with Gasteiger partial charge < -0.3 is 4.90 Å². The first kappa shape index (κ1) is 16.9. The number of benzene rings is 1. The molecular formula is C17H20FN3O2S. The van der Waals surface area contributed by atoms with Gasteiger partial charge in [0, 0.05) is 26.2 Å². The fourth-order valence-electron chi connectivity index (χ4n) is 2.86. The van der Waals surface area contributed by atoms with Gasteiger partial charge in [-0.3, -0.25) is 0 Å². The lowest BCUT2D eigenvalue weighted by atomic mass is 10.2. The Morgan fingerprint density at radius 2 is 1.75 bits per heavy atom. The Kier molecular flexibility index (Phi) is 4.56. The van der Waals surface area contributed by atoms with Crippen LogP contribution in [-0.4, -0.2) is 43.9 Å². The van der Waals surface area contributed by atoms with Crippen LogP contribution in [0.1, 0.15) is 11.1 Å². The minimum Gasteiger partial charge on any atom is -0.354 e. The number of nitrogens with zero attached hydrogens (tertiary/aromatic N) is 3. The highest BCUT2D eigenvalue weighted by atomic mass is 32.2. The molecule has 1 aliphatic heterocycles. The summed E-state index contributed by atoms with van der Waals surface area (Å²) in [4.78, 5) is 6.12. The molecule has 2 heterocycles. The third kappa shape index (κ3) is 3.27. The van der Waals surface area contributed by atoms with E-state index in [4.69, 9.17) is 0 Å². The van der Waals surface area contributed by atoms with Crippen LogP contribution in [0.25, 0.3) is 0 Å². The number of piperazine rings is 1. The molecule has 7 heteroatoms. The smallest absolute Gasteiger partial charge is 0.243 e. The summed E-state index contributed by atoms with van der Waals surface area (Å²) in [6.45, 7) is 5.37. The molecule has 1 fully saturated rings. The summed E-state index contributed by atoms with van der Waals surface area (Å²) < 4.78 is 40.5. The zero-order valence-corrected chi connectivity index (χ0v) is 14.6. The second kappa shape index (κ2) is 6.49. The van der Waals surface area contributed by atoms with Gasteiger partial charge in [0.05, 0.1) is 4.90 Å². The quantitative estimate of drug-likeness (QED) is 0.798. The van der Waals surface area contributed by atoms with Crippen LogP contribution < -0.4 is 4.90 Å². The number of sulfonamides is 1. The summed E-state index contributed by atoms with van der Waals surface area (Å²) in [6, 6.07) is 10.1. The van der Waals surface area contributed by atoms with Crippen molar-refractivity contribution in [3.8, 4) is 0 Å². The number of halogens is 1. The lowest BCUT2D eigenvalue weighted by Crippen LogP contribution is -2.49. The topological polar surface area (TPSA) is 53.5 Å². The van der Waals surface area contributed by atoms with E-state index in [-0.39, 0.29) is 0 Å². The van der Waals surface area contributed by atoms with Gasteiger partial charge in [-0.25, -0.2) is 13.4 Å². The van der Waals surface area contributed by atoms with Crippen molar-refractivity contribution in [1.82, 2.24) is 9.29 Å². The SMILES string of the molecule is Cc1ccc(C)c(S(=O)(=O)N2CCN(c3cccc(F)n3)CC2)c1. The van der Waals surface area contributed by atoms with Crippen molar-refractivity contribution in [3.63, 3.8) is 0 Å². The average molecular weight is 349 g/mol. The van der Waals surface area contributed by atoms with Crippen LogP contribution in [0.2, 0.25) is 0 Å². The van der Waals surface area contributed by atoms with Crippen molar-refractivity contribution >= 4 is 15.8 Å². The summed E-state index contributed by atoms with van der Waals surface area (Å²) in [5.41, 5.74) is 1.66. The summed E-state index contributed by atoms with van der Waals surface area (Å²) >= 11 is 0. The van der Waals surface area contributed by atoms with Gasteiger partial charge in [-0.05, 0) is 43.2 Å². The predicted octanol–water partition coefficient (Wildman–Crippen LogP) is 2.35. The van der Waals surface area contributed by atoms with Crippen LogP contribution in [0.15, 0.2) is 41.3 Å². The van der Waals surface area contributed by atoms with Gasteiger partial charge in [0.1, 0.15) is 5.82 Å². The van der Waals surface area contributed by atoms with Crippen molar-refractivity contribution in [1.29, 1.82) is 0 Å². The van der Waals surface area contributed by atoms with Crippen molar-refractivity contribution < 1.29 is 12.8 Å². The molecule has 0 radical (unpaired) electrons. The molecule has 0 bridgehead atoms. The van der Waals surface area contributed by atoms with Crippen molar-refractivity contribution in [2.24, 2.45) is 0 Å². The van der Waals surface area contributed by atoms with E-state index in [0.29, 0.717) is 36.9 Å². The summed E-state index contributed by atoms with van der Waals surface area (Å²) in [6.07, 6.45) is 0. The van der Waals surface area contributed by atoms with Crippen LogP contribution in [-0.2, 0) is 10.0 Å². The van der Waals surface area contributed by atoms with E-state index in [2.05, 4.69) is 4.98 Å². The van der Waals surface area contributed by atoms with Gasteiger partial charge >= 0.3 is 0 Å². The first-order valence-electron chi connectivity index (χ1n) is 7.83. The first-order chi connectivity index (χ1) is 11.4. The zero-order chi connectivity index (χ0) is 17.3. The largest absolute Gasteiger partial charge is 0.354 e. The monoisotopic (exact) mass is 349 g/mol. The van der Waals surface area contributed by atoms with E-state index in [9.17, 15) is 12.8 Å². The molecule has 1 saturated heterocycles. The number of hydrogen-bond acceptors (Lipinski definition) is 4. The molecular weight excluding hydrogens is 329 g/mol. The van der Waals surface area contributed by atoms with E-state index in [0.717, 1.165) is 11.1 Å². The number of rotatable bonds is 3. The second-order valence-corrected chi connectivity index (χ2v) is 7.88. The van der Waals surface area contributed by atoms with E-state index >= 15 is 0 Å². The molecule has 1 aromatic carbocycles. The minimum absolute atomic E-state index is 0.355. The standard InChI is InChI=1S/C17H20FN3O2S/c1-13-6-7-14(2)15(12-13)24(22,23)21-10-8-20(9-11-21)17-5-3-4-16(18)19-17/h3-7,12H,8-11H2,1-2H3. The Labute approximate surface area is 141 Å². The van der Waals surface area contributed by atoms with Gasteiger partial charge in [-0.2, -0.15) is 8.70 Å². The summed E-state index contributed by atoms with van der Waals surface area (Å²) in [7, 11) is -3.52. The average Bonchev–Trinajstić information content (AvgIpc) is 2.57. The molecule has 2 aromatic rings. The molecule has 0 N–H and O–H groups in total. The summed E-state index contributed by atoms with van der Waals surface area (Å²) in [5.74, 6) is 0.0109. The number of aryl methyl sites for hydroxylation is 2. The second-order valence-electron chi connectivity index (χ2n) is 5.98. The van der Waals surface area contributed by atoms with E-state index < -0.39 is 16.0 Å². The van der Waals surface area contributed by atoms with Gasteiger partial charge in [-0.1, -0.05) is 18.2 Å². The Balaban J connectivity index is 1.77. The maximum atomic E-state index is 13.2. The molecule has 3 rings (SSSR count). The Bertz CT molecular complexity index is 847. The predicted molar refractivity (Wildman–Crippen MR) is 91.1 cm³/mol. The Morgan fingerprint density at radius 1 is 1.04 bits per heavy atom.